The van der Waals surface area contributed by atoms with Crippen LogP contribution in [0, 0.1) is 17.3 Å². The van der Waals surface area contributed by atoms with Crippen LogP contribution in [0.25, 0.3) is 0 Å². The Hall–Kier alpha value is -0.0400. The van der Waals surface area contributed by atoms with Crippen LogP contribution in [0.2, 0.25) is 0 Å². The maximum Gasteiger partial charge on any atom is -0.00467 e. The molecule has 1 fully saturated rings. The molecule has 0 bridgehead atoms. The van der Waals surface area contributed by atoms with E-state index in [9.17, 15) is 0 Å². The van der Waals surface area contributed by atoms with Gasteiger partial charge in [-0.25, -0.2) is 0 Å². The van der Waals surface area contributed by atoms with Crippen LogP contribution < -0.4 is 5.32 Å². The summed E-state index contributed by atoms with van der Waals surface area (Å²) in [6, 6.07) is 0. The molecule has 0 atom stereocenters. The summed E-state index contributed by atoms with van der Waals surface area (Å²) in [5.41, 5.74) is 0.665. The average molecular weight is 169 g/mol. The third kappa shape index (κ3) is 2.22. The lowest BCUT2D eigenvalue weighted by atomic mass is 9.58. The molecule has 1 aliphatic carbocycles. The second-order valence-corrected chi connectivity index (χ2v) is 5.08. The van der Waals surface area contributed by atoms with Crippen molar-refractivity contribution in [3.8, 4) is 0 Å². The molecule has 12 heavy (non-hydrogen) atoms. The number of rotatable bonds is 4. The molecule has 0 aromatic rings. The number of hydrogen-bond donors (Lipinski definition) is 1. The molecule has 1 rings (SSSR count). The Bertz CT molecular complexity index is 134. The van der Waals surface area contributed by atoms with Gasteiger partial charge in [-0.15, -0.1) is 0 Å². The van der Waals surface area contributed by atoms with Crippen molar-refractivity contribution in [3.63, 3.8) is 0 Å². The lowest BCUT2D eigenvalue weighted by Gasteiger charge is -2.47. The summed E-state index contributed by atoms with van der Waals surface area (Å²) in [5, 5.41) is 3.24. The maximum absolute atomic E-state index is 3.24. The van der Waals surface area contributed by atoms with E-state index in [-0.39, 0.29) is 0 Å². The molecule has 0 radical (unpaired) electrons. The smallest absolute Gasteiger partial charge is 0.00467 e. The van der Waals surface area contributed by atoms with E-state index in [1.165, 1.54) is 25.8 Å². The van der Waals surface area contributed by atoms with Gasteiger partial charge in [0, 0.05) is 0 Å². The van der Waals surface area contributed by atoms with E-state index < -0.39 is 0 Å². The molecular formula is C11H23N. The van der Waals surface area contributed by atoms with Gasteiger partial charge >= 0.3 is 0 Å². The van der Waals surface area contributed by atoms with Crippen molar-refractivity contribution >= 4 is 0 Å². The average Bonchev–Trinajstić information content (AvgIpc) is 1.95. The molecule has 1 heteroatoms. The lowest BCUT2D eigenvalue weighted by molar-refractivity contribution is 0.0359. The first-order chi connectivity index (χ1) is 5.57. The topological polar surface area (TPSA) is 12.0 Å². The molecule has 72 valence electrons. The fraction of sp³-hybridized carbons (Fsp3) is 1.00. The summed E-state index contributed by atoms with van der Waals surface area (Å²) in [7, 11) is 2.04. The summed E-state index contributed by atoms with van der Waals surface area (Å²) < 4.78 is 0. The van der Waals surface area contributed by atoms with Crippen molar-refractivity contribution < 1.29 is 0 Å². The minimum absolute atomic E-state index is 0.665. The molecule has 0 saturated heterocycles. The predicted molar refractivity (Wildman–Crippen MR) is 54.2 cm³/mol. The first-order valence-electron chi connectivity index (χ1n) is 5.22. The summed E-state index contributed by atoms with van der Waals surface area (Å²) >= 11 is 0. The molecule has 0 aliphatic heterocycles. The molecule has 1 saturated carbocycles. The molecule has 0 spiro atoms. The zero-order valence-corrected chi connectivity index (χ0v) is 8.98. The van der Waals surface area contributed by atoms with Gasteiger partial charge in [0.25, 0.3) is 0 Å². The fourth-order valence-corrected chi connectivity index (χ4v) is 2.31. The minimum Gasteiger partial charge on any atom is -0.320 e. The highest BCUT2D eigenvalue weighted by atomic mass is 14.8. The normalized spacial score (nSPS) is 35.2. The quantitative estimate of drug-likeness (QED) is 0.682. The van der Waals surface area contributed by atoms with Crippen LogP contribution in [-0.4, -0.2) is 13.6 Å². The van der Waals surface area contributed by atoms with Crippen LogP contribution in [0.5, 0.6) is 0 Å². The Labute approximate surface area is 76.9 Å². The highest BCUT2D eigenvalue weighted by molar-refractivity contribution is 4.91. The van der Waals surface area contributed by atoms with E-state index in [0.717, 1.165) is 11.8 Å². The van der Waals surface area contributed by atoms with Gasteiger partial charge in [-0.2, -0.15) is 0 Å². The van der Waals surface area contributed by atoms with Crippen LogP contribution in [0.4, 0.5) is 0 Å². The van der Waals surface area contributed by atoms with Gasteiger partial charge in [0.15, 0.2) is 0 Å². The molecule has 0 aromatic carbocycles. The molecule has 0 aromatic heterocycles. The van der Waals surface area contributed by atoms with E-state index in [4.69, 9.17) is 0 Å². The zero-order chi connectivity index (χ0) is 9.19. The largest absolute Gasteiger partial charge is 0.320 e. The standard InChI is InChI=1S/C11H23N/c1-9(2)10-7-11(3,8-10)5-6-12-4/h9-10,12H,5-8H2,1-4H3. The van der Waals surface area contributed by atoms with Crippen molar-refractivity contribution in [2.24, 2.45) is 17.3 Å². The van der Waals surface area contributed by atoms with E-state index in [0.29, 0.717) is 5.41 Å². The maximum atomic E-state index is 3.24. The zero-order valence-electron chi connectivity index (χ0n) is 8.98. The number of nitrogens with one attached hydrogen (secondary N) is 1. The first kappa shape index (κ1) is 10.0. The lowest BCUT2D eigenvalue weighted by Crippen LogP contribution is -2.38. The van der Waals surface area contributed by atoms with Crippen LogP contribution in [0.15, 0.2) is 0 Å². The molecule has 1 nitrogen and oxygen atoms in total. The Morgan fingerprint density at radius 3 is 2.42 bits per heavy atom. The molecule has 1 N–H and O–H groups in total. The van der Waals surface area contributed by atoms with Crippen molar-refractivity contribution in [2.75, 3.05) is 13.6 Å². The Balaban J connectivity index is 2.20. The van der Waals surface area contributed by atoms with Crippen LogP contribution >= 0.6 is 0 Å². The van der Waals surface area contributed by atoms with E-state index in [1.807, 2.05) is 7.05 Å². The van der Waals surface area contributed by atoms with Gasteiger partial charge in [-0.3, -0.25) is 0 Å². The second-order valence-electron chi connectivity index (χ2n) is 5.08. The predicted octanol–water partition coefficient (Wildman–Crippen LogP) is 2.67. The molecule has 0 heterocycles. The van der Waals surface area contributed by atoms with Crippen molar-refractivity contribution in [1.82, 2.24) is 5.32 Å². The van der Waals surface area contributed by atoms with Crippen molar-refractivity contribution in [1.29, 1.82) is 0 Å². The summed E-state index contributed by atoms with van der Waals surface area (Å²) in [6.07, 6.45) is 4.26. The van der Waals surface area contributed by atoms with Crippen molar-refractivity contribution in [2.45, 2.75) is 40.0 Å². The minimum atomic E-state index is 0.665. The first-order valence-corrected chi connectivity index (χ1v) is 5.22. The fourth-order valence-electron chi connectivity index (χ4n) is 2.31. The monoisotopic (exact) mass is 169 g/mol. The van der Waals surface area contributed by atoms with E-state index in [1.54, 1.807) is 0 Å². The van der Waals surface area contributed by atoms with E-state index >= 15 is 0 Å². The Morgan fingerprint density at radius 1 is 1.42 bits per heavy atom. The van der Waals surface area contributed by atoms with E-state index in [2.05, 4.69) is 26.1 Å². The van der Waals surface area contributed by atoms with Crippen LogP contribution in [0.1, 0.15) is 40.0 Å². The van der Waals surface area contributed by atoms with Gasteiger partial charge in [-0.1, -0.05) is 20.8 Å². The molecule has 0 unspecified atom stereocenters. The molecule has 1 aliphatic rings. The van der Waals surface area contributed by atoms with Crippen molar-refractivity contribution in [3.05, 3.63) is 0 Å². The summed E-state index contributed by atoms with van der Waals surface area (Å²) in [5.74, 6) is 1.90. The third-order valence-corrected chi connectivity index (χ3v) is 3.43. The third-order valence-electron chi connectivity index (χ3n) is 3.43. The second kappa shape index (κ2) is 3.78. The van der Waals surface area contributed by atoms with Crippen LogP contribution in [0.3, 0.4) is 0 Å². The Kier molecular flexibility index (Phi) is 3.16. The molecular weight excluding hydrogens is 146 g/mol. The van der Waals surface area contributed by atoms with Gasteiger partial charge < -0.3 is 5.32 Å². The van der Waals surface area contributed by atoms with Gasteiger partial charge in [-0.05, 0) is 50.1 Å². The van der Waals surface area contributed by atoms with Gasteiger partial charge in [0.2, 0.25) is 0 Å². The highest BCUT2D eigenvalue weighted by Crippen LogP contribution is 2.50. The Morgan fingerprint density at radius 2 is 2.00 bits per heavy atom. The van der Waals surface area contributed by atoms with Crippen LogP contribution in [-0.2, 0) is 0 Å². The van der Waals surface area contributed by atoms with Gasteiger partial charge in [0.05, 0.1) is 0 Å². The molecule has 0 amide bonds. The summed E-state index contributed by atoms with van der Waals surface area (Å²) in [6.45, 7) is 8.31. The highest BCUT2D eigenvalue weighted by Gasteiger charge is 2.40. The van der Waals surface area contributed by atoms with Gasteiger partial charge in [0.1, 0.15) is 0 Å². The number of hydrogen-bond acceptors (Lipinski definition) is 1. The summed E-state index contributed by atoms with van der Waals surface area (Å²) in [4.78, 5) is 0. The SMILES string of the molecule is CNCCC1(C)CC(C(C)C)C1.